The Kier molecular flexibility index (Phi) is 12.4. The third-order valence-electron chi connectivity index (χ3n) is 6.58. The van der Waals surface area contributed by atoms with E-state index in [0.717, 1.165) is 19.3 Å². The highest BCUT2D eigenvalue weighted by atomic mass is 16.6. The van der Waals surface area contributed by atoms with Gasteiger partial charge in [0.1, 0.15) is 12.2 Å². The number of amides is 2. The van der Waals surface area contributed by atoms with E-state index in [1.165, 1.54) is 39.0 Å². The van der Waals surface area contributed by atoms with Crippen molar-refractivity contribution in [1.82, 2.24) is 5.32 Å². The number of hydrogen-bond donors (Lipinski definition) is 3. The SMILES string of the molecule is CCCCCC[C@H]1C(=O)O[C@H](C)[C@H](NC(=O)c2cccc(NC(C)=O)c2O)C(=O)O[C@@H](C)[C@@H]1OC(=O)CC(C)C. The van der Waals surface area contributed by atoms with Gasteiger partial charge in [-0.05, 0) is 38.3 Å². The largest absolute Gasteiger partial charge is 0.505 e. The van der Waals surface area contributed by atoms with Gasteiger partial charge in [0.15, 0.2) is 17.9 Å². The van der Waals surface area contributed by atoms with Crippen molar-refractivity contribution in [1.29, 1.82) is 0 Å². The number of anilines is 1. The van der Waals surface area contributed by atoms with Crippen molar-refractivity contribution in [2.24, 2.45) is 11.8 Å². The first-order chi connectivity index (χ1) is 18.8. The number of unbranched alkanes of at least 4 members (excludes halogenated alkanes) is 3. The Morgan fingerprint density at radius 1 is 1.02 bits per heavy atom. The second-order valence-electron chi connectivity index (χ2n) is 10.6. The molecule has 1 aromatic carbocycles. The van der Waals surface area contributed by atoms with Gasteiger partial charge in [-0.25, -0.2) is 4.79 Å². The van der Waals surface area contributed by atoms with Crippen LogP contribution >= 0.6 is 0 Å². The number of phenols is 1. The minimum absolute atomic E-state index is 0.0160. The summed E-state index contributed by atoms with van der Waals surface area (Å²) in [5.41, 5.74) is -0.193. The fraction of sp³-hybridized carbons (Fsp3) is 0.621. The molecule has 0 bridgehead atoms. The fourth-order valence-electron chi connectivity index (χ4n) is 4.51. The zero-order valence-corrected chi connectivity index (χ0v) is 24.2. The van der Waals surface area contributed by atoms with Gasteiger partial charge < -0.3 is 30.0 Å². The van der Waals surface area contributed by atoms with E-state index in [4.69, 9.17) is 14.2 Å². The number of hydrogen-bond acceptors (Lipinski definition) is 9. The first-order valence-electron chi connectivity index (χ1n) is 13.9. The van der Waals surface area contributed by atoms with E-state index >= 15 is 0 Å². The molecule has 3 N–H and O–H groups in total. The molecule has 0 aromatic heterocycles. The van der Waals surface area contributed by atoms with Crippen LogP contribution < -0.4 is 10.6 Å². The van der Waals surface area contributed by atoms with Crippen LogP contribution in [-0.2, 0) is 33.4 Å². The summed E-state index contributed by atoms with van der Waals surface area (Å²) < 4.78 is 17.0. The highest BCUT2D eigenvalue weighted by Crippen LogP contribution is 2.29. The smallest absolute Gasteiger partial charge is 0.332 e. The van der Waals surface area contributed by atoms with Gasteiger partial charge in [0.05, 0.1) is 17.2 Å². The quantitative estimate of drug-likeness (QED) is 0.158. The molecule has 2 amide bonds. The topological polar surface area (TPSA) is 157 Å². The van der Waals surface area contributed by atoms with Crippen molar-refractivity contribution in [2.75, 3.05) is 5.32 Å². The molecule has 0 unspecified atom stereocenters. The Hall–Kier alpha value is -3.63. The number of ether oxygens (including phenoxy) is 3. The molecule has 1 heterocycles. The number of cyclic esters (lactones) is 2. The average molecular weight is 563 g/mol. The molecule has 0 saturated carbocycles. The van der Waals surface area contributed by atoms with Crippen LogP contribution in [0.5, 0.6) is 5.75 Å². The monoisotopic (exact) mass is 562 g/mol. The highest BCUT2D eigenvalue weighted by molar-refractivity contribution is 6.02. The van der Waals surface area contributed by atoms with E-state index in [1.807, 2.05) is 13.8 Å². The number of nitrogens with one attached hydrogen (secondary N) is 2. The Morgan fingerprint density at radius 3 is 2.33 bits per heavy atom. The van der Waals surface area contributed by atoms with Gasteiger partial charge in [0.25, 0.3) is 5.91 Å². The van der Waals surface area contributed by atoms with Crippen LogP contribution in [0.2, 0.25) is 0 Å². The second-order valence-corrected chi connectivity index (χ2v) is 10.6. The van der Waals surface area contributed by atoms with E-state index in [0.29, 0.717) is 12.8 Å². The van der Waals surface area contributed by atoms with Crippen molar-refractivity contribution in [3.63, 3.8) is 0 Å². The van der Waals surface area contributed by atoms with Gasteiger partial charge in [0, 0.05) is 13.3 Å². The molecule has 1 fully saturated rings. The number of rotatable bonds is 11. The first kappa shape index (κ1) is 32.6. The van der Waals surface area contributed by atoms with Crippen molar-refractivity contribution >= 4 is 35.4 Å². The minimum Gasteiger partial charge on any atom is -0.505 e. The summed E-state index contributed by atoms with van der Waals surface area (Å²) >= 11 is 0. The van der Waals surface area contributed by atoms with Crippen LogP contribution in [0, 0.1) is 11.8 Å². The summed E-state index contributed by atoms with van der Waals surface area (Å²) in [5.74, 6) is -4.70. The molecule has 0 spiro atoms. The lowest BCUT2D eigenvalue weighted by molar-refractivity contribution is -0.175. The number of esters is 3. The maximum atomic E-state index is 13.4. The van der Waals surface area contributed by atoms with Crippen molar-refractivity contribution in [3.05, 3.63) is 23.8 Å². The Labute approximate surface area is 235 Å². The van der Waals surface area contributed by atoms with Gasteiger partial charge in [-0.2, -0.15) is 0 Å². The van der Waals surface area contributed by atoms with Crippen LogP contribution in [0.15, 0.2) is 18.2 Å². The number of benzene rings is 1. The van der Waals surface area contributed by atoms with E-state index < -0.39 is 65.7 Å². The molecular weight excluding hydrogens is 520 g/mol. The first-order valence-corrected chi connectivity index (χ1v) is 13.9. The Balaban J connectivity index is 2.34. The van der Waals surface area contributed by atoms with E-state index in [9.17, 15) is 29.1 Å². The number of carbonyl (C=O) groups is 5. The average Bonchev–Trinajstić information content (AvgIpc) is 2.88. The lowest BCUT2D eigenvalue weighted by Gasteiger charge is -2.29. The van der Waals surface area contributed by atoms with E-state index in [-0.39, 0.29) is 23.6 Å². The molecule has 0 aliphatic carbocycles. The summed E-state index contributed by atoms with van der Waals surface area (Å²) in [4.78, 5) is 63.7. The maximum absolute atomic E-state index is 13.4. The zero-order valence-electron chi connectivity index (χ0n) is 24.2. The Bertz CT molecular complexity index is 1070. The predicted octanol–water partition coefficient (Wildman–Crippen LogP) is 3.87. The van der Waals surface area contributed by atoms with Gasteiger partial charge in [-0.15, -0.1) is 0 Å². The number of carbonyl (C=O) groups excluding carboxylic acids is 5. The molecule has 0 radical (unpaired) electrons. The second kappa shape index (κ2) is 15.2. The van der Waals surface area contributed by atoms with Crippen molar-refractivity contribution in [2.45, 2.75) is 104 Å². The van der Waals surface area contributed by atoms with Crippen molar-refractivity contribution < 1.29 is 43.3 Å². The van der Waals surface area contributed by atoms with Crippen LogP contribution in [0.25, 0.3) is 0 Å². The standard InChI is InChI=1S/C29H42N2O9/c1-7-8-9-10-12-21-26(40-23(33)15-16(2)3)18(5)39-29(37)24(17(4)38-28(21)36)31-27(35)20-13-11-14-22(25(20)34)30-19(6)32/h11,13-14,16-18,21,24,26,34H,7-10,12,15H2,1-6H3,(H,30,32)(H,31,35)/t17-,18+,21-,24+,26+/m1/s1. The predicted molar refractivity (Wildman–Crippen MR) is 146 cm³/mol. The summed E-state index contributed by atoms with van der Waals surface area (Å²) in [6.07, 6.45) is 0.820. The summed E-state index contributed by atoms with van der Waals surface area (Å²) in [6.45, 7) is 10.0. The van der Waals surface area contributed by atoms with Gasteiger partial charge in [-0.3, -0.25) is 19.2 Å². The van der Waals surface area contributed by atoms with Crippen LogP contribution in [0.1, 0.15) is 90.4 Å². The summed E-state index contributed by atoms with van der Waals surface area (Å²) in [6, 6.07) is 2.75. The molecule has 40 heavy (non-hydrogen) atoms. The molecule has 222 valence electrons. The lowest BCUT2D eigenvalue weighted by Crippen LogP contribution is -2.50. The Morgan fingerprint density at radius 2 is 1.70 bits per heavy atom. The van der Waals surface area contributed by atoms with Crippen molar-refractivity contribution in [3.8, 4) is 5.75 Å². The number of phenolic OH excluding ortho intramolecular Hbond substituents is 1. The van der Waals surface area contributed by atoms with Gasteiger partial charge >= 0.3 is 17.9 Å². The highest BCUT2D eigenvalue weighted by Gasteiger charge is 2.44. The van der Waals surface area contributed by atoms with Gasteiger partial charge in [-0.1, -0.05) is 52.5 Å². The molecule has 5 atom stereocenters. The van der Waals surface area contributed by atoms with Crippen LogP contribution in [-0.4, -0.2) is 59.2 Å². The molecule has 11 heteroatoms. The number of aromatic hydroxyl groups is 1. The normalized spacial score (nSPS) is 23.2. The van der Waals surface area contributed by atoms with E-state index in [2.05, 4.69) is 17.6 Å². The molecule has 1 aromatic rings. The lowest BCUT2D eigenvalue weighted by atomic mass is 9.92. The third-order valence-corrected chi connectivity index (χ3v) is 6.58. The van der Waals surface area contributed by atoms with Crippen LogP contribution in [0.4, 0.5) is 5.69 Å². The third kappa shape index (κ3) is 9.24. The molecule has 2 rings (SSSR count). The molecule has 1 aliphatic rings. The zero-order chi connectivity index (χ0) is 30.0. The maximum Gasteiger partial charge on any atom is 0.332 e. The van der Waals surface area contributed by atoms with Crippen LogP contribution in [0.3, 0.4) is 0 Å². The van der Waals surface area contributed by atoms with Gasteiger partial charge in [0.2, 0.25) is 5.91 Å². The molecular formula is C29H42N2O9. The number of para-hydroxylation sites is 1. The van der Waals surface area contributed by atoms with E-state index in [1.54, 1.807) is 0 Å². The summed E-state index contributed by atoms with van der Waals surface area (Å²) in [5, 5.41) is 15.4. The fourth-order valence-corrected chi connectivity index (χ4v) is 4.51. The molecule has 1 aliphatic heterocycles. The molecule has 1 saturated heterocycles. The molecule has 11 nitrogen and oxygen atoms in total. The minimum atomic E-state index is -1.42. The summed E-state index contributed by atoms with van der Waals surface area (Å²) in [7, 11) is 0.